The van der Waals surface area contributed by atoms with Gasteiger partial charge >= 0.3 is 0 Å². The molecule has 6 aromatic rings. The molecule has 0 unspecified atom stereocenters. The number of nitrogens with two attached hydrogens (primary N) is 1. The van der Waals surface area contributed by atoms with Crippen LogP contribution in [0.25, 0.3) is 49.5 Å². The third-order valence-corrected chi connectivity index (χ3v) is 7.51. The first-order valence-corrected chi connectivity index (χ1v) is 12.8. The highest BCUT2D eigenvalue weighted by Gasteiger charge is 2.22. The summed E-state index contributed by atoms with van der Waals surface area (Å²) in [5.41, 5.74) is 11.3. The van der Waals surface area contributed by atoms with Gasteiger partial charge in [-0.25, -0.2) is 4.98 Å². The summed E-state index contributed by atoms with van der Waals surface area (Å²) in [5.74, 6) is 0.0649. The number of carbonyl (C=O) groups excluding carboxylic acids is 1. The Kier molecular flexibility index (Phi) is 5.45. The lowest BCUT2D eigenvalue weighted by Crippen LogP contribution is -2.23. The van der Waals surface area contributed by atoms with Gasteiger partial charge in [-0.1, -0.05) is 42.5 Å². The first kappa shape index (κ1) is 24.6. The van der Waals surface area contributed by atoms with Crippen LogP contribution in [-0.4, -0.2) is 25.5 Å². The van der Waals surface area contributed by atoms with Crippen molar-refractivity contribution in [3.63, 3.8) is 0 Å². The number of aromatic nitrogens is 3. The molecule has 7 nitrogen and oxygen atoms in total. The summed E-state index contributed by atoms with van der Waals surface area (Å²) in [4.78, 5) is 34.0. The second-order valence-corrected chi connectivity index (χ2v) is 10.5. The lowest BCUT2D eigenvalue weighted by atomic mass is 9.92. The van der Waals surface area contributed by atoms with Crippen LogP contribution in [0.4, 0.5) is 0 Å². The Bertz CT molecular complexity index is 2030. The summed E-state index contributed by atoms with van der Waals surface area (Å²) in [7, 11) is 0. The number of rotatable bonds is 4. The third-order valence-electron chi connectivity index (χ3n) is 7.51. The van der Waals surface area contributed by atoms with Gasteiger partial charge < -0.3 is 15.8 Å². The number of carbonyl (C=O) groups is 1. The highest BCUT2D eigenvalue weighted by molar-refractivity contribution is 6.20. The van der Waals surface area contributed by atoms with E-state index in [-0.39, 0.29) is 5.56 Å². The molecule has 7 heteroatoms. The van der Waals surface area contributed by atoms with E-state index >= 15 is 0 Å². The van der Waals surface area contributed by atoms with Gasteiger partial charge in [-0.2, -0.15) is 0 Å². The molecule has 0 bridgehead atoms. The number of aryl methyl sites for hydroxylation is 1. The van der Waals surface area contributed by atoms with Gasteiger partial charge in [0.15, 0.2) is 0 Å². The molecular formula is C32H28N4O3. The Labute approximate surface area is 224 Å². The molecule has 2 heterocycles. The van der Waals surface area contributed by atoms with E-state index in [0.29, 0.717) is 27.8 Å². The number of aromatic amines is 1. The highest BCUT2D eigenvalue weighted by atomic mass is 16.3. The average molecular weight is 517 g/mol. The van der Waals surface area contributed by atoms with Gasteiger partial charge in [-0.05, 0) is 80.3 Å². The zero-order chi connectivity index (χ0) is 27.6. The van der Waals surface area contributed by atoms with Crippen LogP contribution in [0.15, 0.2) is 77.6 Å². The maximum atomic E-state index is 13.6. The number of benzene rings is 4. The van der Waals surface area contributed by atoms with Crippen molar-refractivity contribution in [2.45, 2.75) is 33.3 Å². The van der Waals surface area contributed by atoms with E-state index in [4.69, 9.17) is 5.73 Å². The van der Waals surface area contributed by atoms with E-state index in [2.05, 4.69) is 9.97 Å². The Morgan fingerprint density at radius 3 is 2.46 bits per heavy atom. The van der Waals surface area contributed by atoms with Crippen LogP contribution in [0.3, 0.4) is 0 Å². The molecule has 0 saturated heterocycles. The molecule has 0 atom stereocenters. The summed E-state index contributed by atoms with van der Waals surface area (Å²) in [6.07, 6.45) is 0. The first-order valence-electron chi connectivity index (χ1n) is 12.8. The van der Waals surface area contributed by atoms with Crippen molar-refractivity contribution < 1.29 is 9.90 Å². The highest BCUT2D eigenvalue weighted by Crippen LogP contribution is 2.39. The van der Waals surface area contributed by atoms with Crippen molar-refractivity contribution in [1.82, 2.24) is 14.5 Å². The largest absolute Gasteiger partial charge is 0.386 e. The van der Waals surface area contributed by atoms with Crippen molar-refractivity contribution in [1.29, 1.82) is 0 Å². The Balaban J connectivity index is 1.65. The normalized spacial score (nSPS) is 12.0. The van der Waals surface area contributed by atoms with Crippen LogP contribution in [-0.2, 0) is 5.60 Å². The molecule has 0 fully saturated rings. The molecule has 0 aliphatic carbocycles. The van der Waals surface area contributed by atoms with E-state index in [1.54, 1.807) is 30.5 Å². The molecule has 0 saturated carbocycles. The summed E-state index contributed by atoms with van der Waals surface area (Å²) in [6, 6.07) is 22.6. The predicted molar refractivity (Wildman–Crippen MR) is 155 cm³/mol. The van der Waals surface area contributed by atoms with Crippen molar-refractivity contribution in [2.75, 3.05) is 0 Å². The Hall–Kier alpha value is -4.75. The summed E-state index contributed by atoms with van der Waals surface area (Å²) < 4.78 is 1.65. The fraction of sp³-hybridized carbons (Fsp3) is 0.156. The molecule has 4 aromatic carbocycles. The number of nitrogens with one attached hydrogen (secondary N) is 1. The number of hydrogen-bond acceptors (Lipinski definition) is 4. The monoisotopic (exact) mass is 516 g/mol. The topological polar surface area (TPSA) is 114 Å². The number of primary amides is 1. The zero-order valence-electron chi connectivity index (χ0n) is 22.2. The molecule has 0 aliphatic rings. The molecule has 0 aliphatic heterocycles. The van der Waals surface area contributed by atoms with Crippen molar-refractivity contribution in [3.05, 3.63) is 106 Å². The smallest absolute Gasteiger partial charge is 0.265 e. The van der Waals surface area contributed by atoms with E-state index in [0.717, 1.165) is 44.2 Å². The van der Waals surface area contributed by atoms with Crippen LogP contribution < -0.4 is 11.3 Å². The number of hydrogen-bond donors (Lipinski definition) is 3. The van der Waals surface area contributed by atoms with Gasteiger partial charge in [0.1, 0.15) is 5.82 Å². The lowest BCUT2D eigenvalue weighted by Gasteiger charge is -2.18. The van der Waals surface area contributed by atoms with Crippen LogP contribution in [0.5, 0.6) is 0 Å². The van der Waals surface area contributed by atoms with Gasteiger partial charge in [0.05, 0.1) is 33.3 Å². The van der Waals surface area contributed by atoms with Crippen LogP contribution in [0.1, 0.15) is 41.2 Å². The van der Waals surface area contributed by atoms with E-state index in [1.807, 2.05) is 74.5 Å². The van der Waals surface area contributed by atoms with E-state index in [1.165, 1.54) is 0 Å². The number of nitrogens with zero attached hydrogens (tertiary/aromatic N) is 2. The molecule has 2 aromatic heterocycles. The molecule has 39 heavy (non-hydrogen) atoms. The van der Waals surface area contributed by atoms with Gasteiger partial charge in [0, 0.05) is 16.3 Å². The van der Waals surface area contributed by atoms with Crippen LogP contribution >= 0.6 is 0 Å². The summed E-state index contributed by atoms with van der Waals surface area (Å²) in [5, 5.41) is 12.9. The molecule has 1 amide bonds. The third kappa shape index (κ3) is 3.82. The maximum Gasteiger partial charge on any atom is 0.265 e. The first-order chi connectivity index (χ1) is 18.6. The second-order valence-electron chi connectivity index (χ2n) is 10.5. The van der Waals surface area contributed by atoms with E-state index in [9.17, 15) is 14.7 Å². The predicted octanol–water partition coefficient (Wildman–Crippen LogP) is 5.63. The Morgan fingerprint density at radius 1 is 0.949 bits per heavy atom. The number of H-pyrrole nitrogens is 1. The van der Waals surface area contributed by atoms with Gasteiger partial charge in [-0.15, -0.1) is 0 Å². The molecule has 0 radical (unpaired) electrons. The maximum absolute atomic E-state index is 13.6. The fourth-order valence-electron chi connectivity index (χ4n) is 5.51. The quantitative estimate of drug-likeness (QED) is 0.282. The van der Waals surface area contributed by atoms with E-state index < -0.39 is 11.5 Å². The van der Waals surface area contributed by atoms with Crippen molar-refractivity contribution >= 4 is 38.6 Å². The SMILES string of the molecule is Cc1c(-c2ccc(C(N)=O)c3[nH]c4cc(C(C)(C)O)ccc4c23)cccc1-n1c(C)nc2ccccc2c1=O. The minimum Gasteiger partial charge on any atom is -0.386 e. The summed E-state index contributed by atoms with van der Waals surface area (Å²) in [6.45, 7) is 7.29. The van der Waals surface area contributed by atoms with Crippen molar-refractivity contribution in [3.8, 4) is 16.8 Å². The number of para-hydroxylation sites is 1. The standard InChI is InChI=1S/C32H28N4O3/c1-17-20(9-7-11-27(17)36-18(2)34-25-10-6-5-8-23(25)31(36)38)21-14-15-24(30(33)37)29-28(21)22-13-12-19(32(3,4)39)16-26(22)35-29/h5-16,35,39H,1-4H3,(H2,33,37). The van der Waals surface area contributed by atoms with Gasteiger partial charge in [0.25, 0.3) is 11.5 Å². The number of amides is 1. The fourth-order valence-corrected chi connectivity index (χ4v) is 5.51. The molecule has 194 valence electrons. The molecule has 6 rings (SSSR count). The Morgan fingerprint density at radius 2 is 1.72 bits per heavy atom. The molecule has 0 spiro atoms. The van der Waals surface area contributed by atoms with Crippen LogP contribution in [0, 0.1) is 13.8 Å². The minimum absolute atomic E-state index is 0.126. The van der Waals surface area contributed by atoms with Gasteiger partial charge in [0.2, 0.25) is 0 Å². The number of aliphatic hydroxyl groups is 1. The zero-order valence-corrected chi connectivity index (χ0v) is 22.2. The molecule has 4 N–H and O–H groups in total. The van der Waals surface area contributed by atoms with Crippen molar-refractivity contribution in [2.24, 2.45) is 5.73 Å². The second kappa shape index (κ2) is 8.64. The summed E-state index contributed by atoms with van der Waals surface area (Å²) >= 11 is 0. The molecular weight excluding hydrogens is 488 g/mol. The number of fused-ring (bicyclic) bond motifs is 4. The minimum atomic E-state index is -1.02. The lowest BCUT2D eigenvalue weighted by molar-refractivity contribution is 0.0787. The average Bonchev–Trinajstić information content (AvgIpc) is 3.27. The van der Waals surface area contributed by atoms with Crippen LogP contribution in [0.2, 0.25) is 0 Å². The van der Waals surface area contributed by atoms with Gasteiger partial charge in [-0.3, -0.25) is 14.2 Å².